The van der Waals surface area contributed by atoms with Crippen molar-refractivity contribution in [3.8, 4) is 0 Å². The Morgan fingerprint density at radius 2 is 2.10 bits per heavy atom. The molecule has 1 N–H and O–H groups in total. The van der Waals surface area contributed by atoms with Crippen LogP contribution < -0.4 is 5.32 Å². The van der Waals surface area contributed by atoms with Gasteiger partial charge < -0.3 is 15.0 Å². The molecule has 1 saturated heterocycles. The standard InChI is InChI=1S/C15H23N3O2/c1-20-15(19)14-12-13(6-7-17-14)16-8-11-18-9-4-2-3-5-10-18/h6-7,12H,2-5,8-11H2,1H3,(H,16,17). The molecule has 0 atom stereocenters. The van der Waals surface area contributed by atoms with Crippen LogP contribution in [0.4, 0.5) is 5.69 Å². The minimum atomic E-state index is -0.402. The van der Waals surface area contributed by atoms with Crippen molar-refractivity contribution in [1.82, 2.24) is 9.88 Å². The number of carbonyl (C=O) groups is 1. The number of esters is 1. The Bertz CT molecular complexity index is 429. The first kappa shape index (κ1) is 14.8. The third kappa shape index (κ3) is 4.49. The Hall–Kier alpha value is -1.62. The van der Waals surface area contributed by atoms with Crippen LogP contribution in [0.1, 0.15) is 36.2 Å². The fourth-order valence-corrected chi connectivity index (χ4v) is 2.47. The lowest BCUT2D eigenvalue weighted by atomic mass is 10.2. The van der Waals surface area contributed by atoms with E-state index in [1.807, 2.05) is 6.07 Å². The van der Waals surface area contributed by atoms with Gasteiger partial charge in [0, 0.05) is 25.0 Å². The Morgan fingerprint density at radius 3 is 2.80 bits per heavy atom. The van der Waals surface area contributed by atoms with E-state index in [1.54, 1.807) is 12.3 Å². The molecule has 1 aliphatic heterocycles. The molecule has 2 rings (SSSR count). The molecule has 20 heavy (non-hydrogen) atoms. The maximum Gasteiger partial charge on any atom is 0.356 e. The molecule has 2 heterocycles. The molecule has 1 aliphatic rings. The van der Waals surface area contributed by atoms with Gasteiger partial charge in [-0.2, -0.15) is 0 Å². The van der Waals surface area contributed by atoms with E-state index in [0.717, 1.165) is 18.8 Å². The summed E-state index contributed by atoms with van der Waals surface area (Å²) in [5, 5.41) is 3.34. The Morgan fingerprint density at radius 1 is 1.35 bits per heavy atom. The lowest BCUT2D eigenvalue weighted by molar-refractivity contribution is 0.0594. The number of carbonyl (C=O) groups excluding carboxylic acids is 1. The first-order valence-electron chi connectivity index (χ1n) is 7.30. The Balaban J connectivity index is 1.80. The van der Waals surface area contributed by atoms with Crippen molar-refractivity contribution in [2.75, 3.05) is 38.6 Å². The second kappa shape index (κ2) is 7.85. The maximum atomic E-state index is 11.4. The zero-order valence-corrected chi connectivity index (χ0v) is 12.1. The quantitative estimate of drug-likeness (QED) is 0.836. The number of methoxy groups -OCH3 is 1. The SMILES string of the molecule is COC(=O)c1cc(NCCN2CCCCCC2)ccn1. The van der Waals surface area contributed by atoms with Crippen LogP contribution in [0.15, 0.2) is 18.3 Å². The number of pyridine rings is 1. The lowest BCUT2D eigenvalue weighted by Gasteiger charge is -2.20. The highest BCUT2D eigenvalue weighted by Crippen LogP contribution is 2.11. The summed E-state index contributed by atoms with van der Waals surface area (Å²) in [7, 11) is 1.36. The average molecular weight is 277 g/mol. The summed E-state index contributed by atoms with van der Waals surface area (Å²) in [6.45, 7) is 4.32. The van der Waals surface area contributed by atoms with Crippen LogP contribution in [0.2, 0.25) is 0 Å². The van der Waals surface area contributed by atoms with Crippen molar-refractivity contribution < 1.29 is 9.53 Å². The lowest BCUT2D eigenvalue weighted by Crippen LogP contribution is -2.30. The highest BCUT2D eigenvalue weighted by molar-refractivity contribution is 5.88. The third-order valence-corrected chi connectivity index (χ3v) is 3.61. The van der Waals surface area contributed by atoms with Gasteiger partial charge in [0.05, 0.1) is 7.11 Å². The van der Waals surface area contributed by atoms with Crippen LogP contribution >= 0.6 is 0 Å². The third-order valence-electron chi connectivity index (χ3n) is 3.61. The van der Waals surface area contributed by atoms with E-state index >= 15 is 0 Å². The zero-order valence-electron chi connectivity index (χ0n) is 12.1. The topological polar surface area (TPSA) is 54.5 Å². The summed E-state index contributed by atoms with van der Waals surface area (Å²) in [5.41, 5.74) is 1.25. The molecule has 5 heteroatoms. The van der Waals surface area contributed by atoms with E-state index in [9.17, 15) is 4.79 Å². The van der Waals surface area contributed by atoms with E-state index < -0.39 is 5.97 Å². The van der Waals surface area contributed by atoms with E-state index in [1.165, 1.54) is 45.9 Å². The van der Waals surface area contributed by atoms with Crippen LogP contribution in [-0.4, -0.2) is 49.1 Å². The second-order valence-corrected chi connectivity index (χ2v) is 5.10. The summed E-state index contributed by atoms with van der Waals surface area (Å²) in [4.78, 5) is 17.9. The van der Waals surface area contributed by atoms with Gasteiger partial charge in [0.2, 0.25) is 0 Å². The largest absolute Gasteiger partial charge is 0.464 e. The number of anilines is 1. The van der Waals surface area contributed by atoms with Crippen molar-refractivity contribution in [2.45, 2.75) is 25.7 Å². The molecule has 0 aromatic carbocycles. The molecule has 1 aromatic heterocycles. The van der Waals surface area contributed by atoms with Gasteiger partial charge >= 0.3 is 5.97 Å². The van der Waals surface area contributed by atoms with Crippen LogP contribution in [-0.2, 0) is 4.74 Å². The summed E-state index contributed by atoms with van der Waals surface area (Å²) in [6.07, 6.45) is 6.96. The van der Waals surface area contributed by atoms with Crippen molar-refractivity contribution in [2.24, 2.45) is 0 Å². The molecule has 0 aliphatic carbocycles. The van der Waals surface area contributed by atoms with Crippen molar-refractivity contribution >= 4 is 11.7 Å². The predicted molar refractivity (Wildman–Crippen MR) is 79.0 cm³/mol. The minimum Gasteiger partial charge on any atom is -0.464 e. The summed E-state index contributed by atoms with van der Waals surface area (Å²) in [6, 6.07) is 3.60. The Labute approximate surface area is 120 Å². The van der Waals surface area contributed by atoms with Gasteiger partial charge in [0.1, 0.15) is 5.69 Å². The molecule has 0 saturated carbocycles. The fourth-order valence-electron chi connectivity index (χ4n) is 2.47. The van der Waals surface area contributed by atoms with Gasteiger partial charge in [-0.3, -0.25) is 0 Å². The molecule has 0 radical (unpaired) electrons. The number of likely N-dealkylation sites (tertiary alicyclic amines) is 1. The van der Waals surface area contributed by atoms with Gasteiger partial charge in [-0.25, -0.2) is 9.78 Å². The van der Waals surface area contributed by atoms with Crippen molar-refractivity contribution in [3.63, 3.8) is 0 Å². The fraction of sp³-hybridized carbons (Fsp3) is 0.600. The van der Waals surface area contributed by atoms with Gasteiger partial charge in [-0.05, 0) is 38.1 Å². The van der Waals surface area contributed by atoms with Crippen LogP contribution in [0.25, 0.3) is 0 Å². The molecule has 0 bridgehead atoms. The molecule has 0 unspecified atom stereocenters. The Kier molecular flexibility index (Phi) is 5.80. The number of aromatic nitrogens is 1. The van der Waals surface area contributed by atoms with Gasteiger partial charge in [0.15, 0.2) is 0 Å². The van der Waals surface area contributed by atoms with Crippen molar-refractivity contribution in [3.05, 3.63) is 24.0 Å². The molecular formula is C15H23N3O2. The van der Waals surface area contributed by atoms with Crippen LogP contribution in [0.3, 0.4) is 0 Å². The monoisotopic (exact) mass is 277 g/mol. The van der Waals surface area contributed by atoms with E-state index in [4.69, 9.17) is 0 Å². The van der Waals surface area contributed by atoms with Crippen molar-refractivity contribution in [1.29, 1.82) is 0 Å². The summed E-state index contributed by atoms with van der Waals surface area (Å²) in [5.74, 6) is -0.402. The smallest absolute Gasteiger partial charge is 0.356 e. The number of nitrogens with zero attached hydrogens (tertiary/aromatic N) is 2. The maximum absolute atomic E-state index is 11.4. The van der Waals surface area contributed by atoms with Gasteiger partial charge in [-0.15, -0.1) is 0 Å². The minimum absolute atomic E-state index is 0.340. The van der Waals surface area contributed by atoms with Crippen LogP contribution in [0.5, 0.6) is 0 Å². The van der Waals surface area contributed by atoms with Gasteiger partial charge in [-0.1, -0.05) is 12.8 Å². The number of rotatable bonds is 5. The van der Waals surface area contributed by atoms with E-state index in [2.05, 4.69) is 19.9 Å². The molecular weight excluding hydrogens is 254 g/mol. The molecule has 0 spiro atoms. The number of ether oxygens (including phenoxy) is 1. The van der Waals surface area contributed by atoms with E-state index in [-0.39, 0.29) is 0 Å². The second-order valence-electron chi connectivity index (χ2n) is 5.10. The van der Waals surface area contributed by atoms with Gasteiger partial charge in [0.25, 0.3) is 0 Å². The molecule has 110 valence electrons. The molecule has 0 amide bonds. The molecule has 5 nitrogen and oxygen atoms in total. The van der Waals surface area contributed by atoms with E-state index in [0.29, 0.717) is 5.69 Å². The number of nitrogens with one attached hydrogen (secondary N) is 1. The predicted octanol–water partition coefficient (Wildman–Crippen LogP) is 2.16. The highest BCUT2D eigenvalue weighted by Gasteiger charge is 2.09. The zero-order chi connectivity index (χ0) is 14.2. The highest BCUT2D eigenvalue weighted by atomic mass is 16.5. The first-order valence-corrected chi connectivity index (χ1v) is 7.30. The normalized spacial score (nSPS) is 16.4. The summed E-state index contributed by atoms with van der Waals surface area (Å²) >= 11 is 0. The molecule has 1 aromatic rings. The molecule has 1 fully saturated rings. The number of hydrogen-bond donors (Lipinski definition) is 1. The average Bonchev–Trinajstić information content (AvgIpc) is 2.75. The summed E-state index contributed by atoms with van der Waals surface area (Å²) < 4.78 is 4.67. The first-order chi connectivity index (χ1) is 9.79. The number of hydrogen-bond acceptors (Lipinski definition) is 5. The van der Waals surface area contributed by atoms with Crippen LogP contribution in [0, 0.1) is 0 Å².